The summed E-state index contributed by atoms with van der Waals surface area (Å²) in [6, 6.07) is 5.39. The number of Topliss-reactive ketones (excluding diaryl/α,β-unsaturated/α-hetero) is 1. The Labute approximate surface area is 128 Å². The van der Waals surface area contributed by atoms with Crippen LogP contribution in [0.25, 0.3) is 0 Å². The molecule has 5 heteroatoms. The Balaban J connectivity index is 1.96. The highest BCUT2D eigenvalue weighted by atomic mass is 35.5. The highest BCUT2D eigenvalue weighted by Gasteiger charge is 2.69. The Hall–Kier alpha value is -1.06. The standard InChI is InChI=1S/C15H16Cl2O3/c1-9-4-5-11(6-10(9)2)12(18)7-20-13(19)14(3)8-15(14,16)17/h4-6H,7-8H2,1-3H3/t14-/m0/s1. The van der Waals surface area contributed by atoms with Crippen molar-refractivity contribution in [2.75, 3.05) is 6.61 Å². The van der Waals surface area contributed by atoms with Crippen molar-refractivity contribution in [3.63, 3.8) is 0 Å². The lowest BCUT2D eigenvalue weighted by molar-refractivity contribution is -0.148. The minimum absolute atomic E-state index is 0.236. The third-order valence-electron chi connectivity index (χ3n) is 3.87. The Kier molecular flexibility index (Phi) is 3.87. The third-order valence-corrected chi connectivity index (χ3v) is 4.97. The lowest BCUT2D eigenvalue weighted by atomic mass is 10.0. The maximum absolute atomic E-state index is 12.0. The van der Waals surface area contributed by atoms with Crippen LogP contribution in [0.1, 0.15) is 34.8 Å². The fourth-order valence-electron chi connectivity index (χ4n) is 1.91. The molecule has 0 unspecified atom stereocenters. The normalized spacial score (nSPS) is 23.2. The molecule has 2 rings (SSSR count). The van der Waals surface area contributed by atoms with E-state index in [0.717, 1.165) is 11.1 Å². The zero-order valence-corrected chi connectivity index (χ0v) is 13.1. The molecule has 1 aromatic rings. The van der Waals surface area contributed by atoms with Crippen molar-refractivity contribution in [3.8, 4) is 0 Å². The first kappa shape index (κ1) is 15.3. The maximum atomic E-state index is 12.0. The summed E-state index contributed by atoms with van der Waals surface area (Å²) in [6.07, 6.45) is 0.347. The van der Waals surface area contributed by atoms with Gasteiger partial charge in [-0.05, 0) is 38.0 Å². The number of ether oxygens (including phenoxy) is 1. The van der Waals surface area contributed by atoms with E-state index in [4.69, 9.17) is 27.9 Å². The molecule has 1 aliphatic carbocycles. The minimum Gasteiger partial charge on any atom is -0.457 e. The Morgan fingerprint density at radius 1 is 1.25 bits per heavy atom. The maximum Gasteiger partial charge on any atom is 0.315 e. The van der Waals surface area contributed by atoms with E-state index >= 15 is 0 Å². The molecule has 0 bridgehead atoms. The monoisotopic (exact) mass is 314 g/mol. The van der Waals surface area contributed by atoms with Crippen LogP contribution in [0.15, 0.2) is 18.2 Å². The summed E-state index contributed by atoms with van der Waals surface area (Å²) in [7, 11) is 0. The van der Waals surface area contributed by atoms with Crippen molar-refractivity contribution in [2.45, 2.75) is 31.5 Å². The van der Waals surface area contributed by atoms with Gasteiger partial charge in [0.05, 0.1) is 0 Å². The first-order valence-corrected chi connectivity index (χ1v) is 7.08. The first-order valence-electron chi connectivity index (χ1n) is 6.33. The fourth-order valence-corrected chi connectivity index (χ4v) is 2.60. The minimum atomic E-state index is -1.08. The third kappa shape index (κ3) is 2.70. The van der Waals surface area contributed by atoms with Gasteiger partial charge in [0, 0.05) is 12.0 Å². The summed E-state index contributed by atoms with van der Waals surface area (Å²) in [5.41, 5.74) is 1.76. The van der Waals surface area contributed by atoms with Crippen molar-refractivity contribution in [1.29, 1.82) is 0 Å². The van der Waals surface area contributed by atoms with Gasteiger partial charge in [0.25, 0.3) is 0 Å². The van der Waals surface area contributed by atoms with Gasteiger partial charge in [-0.3, -0.25) is 9.59 Å². The van der Waals surface area contributed by atoms with Crippen molar-refractivity contribution in [3.05, 3.63) is 34.9 Å². The van der Waals surface area contributed by atoms with Crippen molar-refractivity contribution >= 4 is 35.0 Å². The van der Waals surface area contributed by atoms with Crippen LogP contribution in [0, 0.1) is 19.3 Å². The van der Waals surface area contributed by atoms with Crippen LogP contribution in [-0.2, 0) is 9.53 Å². The van der Waals surface area contributed by atoms with E-state index < -0.39 is 15.7 Å². The molecule has 0 aliphatic heterocycles. The lowest BCUT2D eigenvalue weighted by Crippen LogP contribution is -2.24. The first-order chi connectivity index (χ1) is 9.17. The summed E-state index contributed by atoms with van der Waals surface area (Å²) >= 11 is 11.8. The second kappa shape index (κ2) is 5.05. The summed E-state index contributed by atoms with van der Waals surface area (Å²) in [5, 5.41) is 0. The largest absolute Gasteiger partial charge is 0.457 e. The molecule has 0 N–H and O–H groups in total. The smallest absolute Gasteiger partial charge is 0.315 e. The zero-order chi connectivity index (χ0) is 15.1. The van der Waals surface area contributed by atoms with Crippen LogP contribution in [-0.4, -0.2) is 22.7 Å². The number of rotatable bonds is 4. The van der Waals surface area contributed by atoms with Gasteiger partial charge in [-0.25, -0.2) is 0 Å². The van der Waals surface area contributed by atoms with Gasteiger partial charge in [-0.15, -0.1) is 23.2 Å². The number of carbonyl (C=O) groups is 2. The molecule has 1 saturated carbocycles. The fraction of sp³-hybridized carbons (Fsp3) is 0.467. The van der Waals surface area contributed by atoms with Crippen molar-refractivity contribution in [2.24, 2.45) is 5.41 Å². The summed E-state index contributed by atoms with van der Waals surface area (Å²) in [5.74, 6) is -0.764. The molecule has 0 amide bonds. The number of alkyl halides is 2. The average Bonchev–Trinajstić information content (AvgIpc) is 2.90. The Morgan fingerprint density at radius 3 is 2.35 bits per heavy atom. The summed E-state index contributed by atoms with van der Waals surface area (Å²) in [4.78, 5) is 23.8. The number of ketones is 1. The van der Waals surface area contributed by atoms with Gasteiger partial charge in [0.15, 0.2) is 12.4 Å². The van der Waals surface area contributed by atoms with E-state index in [-0.39, 0.29) is 12.4 Å². The zero-order valence-electron chi connectivity index (χ0n) is 11.6. The van der Waals surface area contributed by atoms with Crippen molar-refractivity contribution in [1.82, 2.24) is 0 Å². The number of aryl methyl sites for hydroxylation is 2. The molecule has 3 nitrogen and oxygen atoms in total. The number of benzene rings is 1. The lowest BCUT2D eigenvalue weighted by Gasteiger charge is -2.11. The second-order valence-electron chi connectivity index (χ2n) is 5.51. The topological polar surface area (TPSA) is 43.4 Å². The SMILES string of the molecule is Cc1ccc(C(=O)COC(=O)[C@]2(C)CC2(Cl)Cl)cc1C. The van der Waals surface area contributed by atoms with Gasteiger partial charge in [0.1, 0.15) is 9.75 Å². The van der Waals surface area contributed by atoms with E-state index in [9.17, 15) is 9.59 Å². The van der Waals surface area contributed by atoms with E-state index in [2.05, 4.69) is 0 Å². The molecule has 1 aromatic carbocycles. The van der Waals surface area contributed by atoms with E-state index in [1.807, 2.05) is 19.9 Å². The number of halogens is 2. The van der Waals surface area contributed by atoms with Gasteiger partial charge < -0.3 is 4.74 Å². The molecule has 1 aliphatic rings. The number of hydrogen-bond donors (Lipinski definition) is 0. The van der Waals surface area contributed by atoms with Crippen molar-refractivity contribution < 1.29 is 14.3 Å². The van der Waals surface area contributed by atoms with Crippen LogP contribution in [0.5, 0.6) is 0 Å². The molecule has 20 heavy (non-hydrogen) atoms. The molecule has 1 fully saturated rings. The van der Waals surface area contributed by atoms with Crippen LogP contribution in [0.4, 0.5) is 0 Å². The number of carbonyl (C=O) groups excluding carboxylic acids is 2. The average molecular weight is 315 g/mol. The van der Waals surface area contributed by atoms with Crippen LogP contribution < -0.4 is 0 Å². The van der Waals surface area contributed by atoms with E-state index in [1.54, 1.807) is 19.1 Å². The van der Waals surface area contributed by atoms with E-state index in [1.165, 1.54) is 0 Å². The number of hydrogen-bond acceptors (Lipinski definition) is 3. The molecule has 0 aromatic heterocycles. The van der Waals surface area contributed by atoms with Gasteiger partial charge in [-0.1, -0.05) is 12.1 Å². The Bertz CT molecular complexity index is 580. The van der Waals surface area contributed by atoms with Gasteiger partial charge >= 0.3 is 5.97 Å². The molecular formula is C15H16Cl2O3. The molecule has 1 atom stereocenters. The highest BCUT2D eigenvalue weighted by molar-refractivity contribution is 6.53. The van der Waals surface area contributed by atoms with Gasteiger partial charge in [0.2, 0.25) is 0 Å². The summed E-state index contributed by atoms with van der Waals surface area (Å²) < 4.78 is 3.96. The molecule has 0 spiro atoms. The Morgan fingerprint density at radius 2 is 1.85 bits per heavy atom. The number of esters is 1. The predicted octanol–water partition coefficient (Wildman–Crippen LogP) is 3.61. The molecule has 108 valence electrons. The molecule has 0 heterocycles. The van der Waals surface area contributed by atoms with Crippen LogP contribution in [0.2, 0.25) is 0 Å². The molecule has 0 radical (unpaired) electrons. The van der Waals surface area contributed by atoms with Crippen LogP contribution >= 0.6 is 23.2 Å². The molecular weight excluding hydrogens is 299 g/mol. The van der Waals surface area contributed by atoms with E-state index in [0.29, 0.717) is 12.0 Å². The quantitative estimate of drug-likeness (QED) is 0.484. The highest BCUT2D eigenvalue weighted by Crippen LogP contribution is 2.64. The summed E-state index contributed by atoms with van der Waals surface area (Å²) in [6.45, 7) is 5.24. The van der Waals surface area contributed by atoms with Crippen LogP contribution in [0.3, 0.4) is 0 Å². The molecule has 0 saturated heterocycles. The second-order valence-corrected chi connectivity index (χ2v) is 7.00. The predicted molar refractivity (Wildman–Crippen MR) is 78.4 cm³/mol. The van der Waals surface area contributed by atoms with Gasteiger partial charge in [-0.2, -0.15) is 0 Å².